The van der Waals surface area contributed by atoms with Crippen LogP contribution in [0.3, 0.4) is 0 Å². The van der Waals surface area contributed by atoms with Crippen LogP contribution < -0.4 is 4.90 Å². The Morgan fingerprint density at radius 1 is 0.511 bits per heavy atom. The summed E-state index contributed by atoms with van der Waals surface area (Å²) in [6.45, 7) is 4.72. The van der Waals surface area contributed by atoms with Gasteiger partial charge in [-0.3, -0.25) is 0 Å². The summed E-state index contributed by atoms with van der Waals surface area (Å²) in [5.74, 6) is 0. The van der Waals surface area contributed by atoms with Gasteiger partial charge in [-0.2, -0.15) is 0 Å². The summed E-state index contributed by atoms with van der Waals surface area (Å²) < 4.78 is 2.62. The van der Waals surface area contributed by atoms with E-state index in [0.29, 0.717) is 0 Å². The monoisotopic (exact) mass is 593 g/mol. The number of benzene rings is 7. The topological polar surface area (TPSA) is 3.24 Å². The Kier molecular flexibility index (Phi) is 5.78. The molecule has 1 heterocycles. The van der Waals surface area contributed by atoms with Crippen LogP contribution in [0.1, 0.15) is 25.0 Å². The molecule has 0 N–H and O–H groups in total. The van der Waals surface area contributed by atoms with Crippen LogP contribution >= 0.6 is 11.3 Å². The van der Waals surface area contributed by atoms with E-state index in [4.69, 9.17) is 0 Å². The molecule has 1 nitrogen and oxygen atoms in total. The van der Waals surface area contributed by atoms with Gasteiger partial charge in [0.1, 0.15) is 0 Å². The lowest BCUT2D eigenvalue weighted by Gasteiger charge is -2.29. The number of nitrogens with zero attached hydrogens (tertiary/aromatic N) is 1. The molecule has 0 amide bonds. The number of hydrogen-bond donors (Lipinski definition) is 0. The van der Waals surface area contributed by atoms with Gasteiger partial charge in [0.05, 0.1) is 16.1 Å². The molecule has 1 aliphatic rings. The van der Waals surface area contributed by atoms with Crippen LogP contribution in [0.4, 0.5) is 17.1 Å². The predicted molar refractivity (Wildman–Crippen MR) is 195 cm³/mol. The molecule has 0 spiro atoms. The molecule has 0 saturated carbocycles. The van der Waals surface area contributed by atoms with Gasteiger partial charge in [-0.15, -0.1) is 11.3 Å². The highest BCUT2D eigenvalue weighted by molar-refractivity contribution is 7.26. The minimum absolute atomic E-state index is 0.0813. The standard InChI is InChI=1S/C43H31NS/c1-43(2)36-22-7-5-19-35(36)41-37(43)23-12-24-38(41)44(39-25-11-21-34-33-18-6-8-26-40(33)45-42(34)39)30-16-9-15-29(27-30)32-20-10-14-28-13-3-4-17-31(28)32/h3-27H,1-2H3. The molecule has 1 aliphatic carbocycles. The van der Waals surface area contributed by atoms with E-state index in [1.807, 2.05) is 11.3 Å². The van der Waals surface area contributed by atoms with E-state index in [1.54, 1.807) is 0 Å². The second-order valence-corrected chi connectivity index (χ2v) is 13.6. The molecule has 214 valence electrons. The first kappa shape index (κ1) is 26.2. The van der Waals surface area contributed by atoms with E-state index in [0.717, 1.165) is 5.69 Å². The van der Waals surface area contributed by atoms with Crippen LogP contribution in [-0.4, -0.2) is 0 Å². The van der Waals surface area contributed by atoms with E-state index in [2.05, 4.69) is 170 Å². The van der Waals surface area contributed by atoms with E-state index in [-0.39, 0.29) is 5.41 Å². The lowest BCUT2D eigenvalue weighted by molar-refractivity contribution is 0.660. The zero-order chi connectivity index (χ0) is 30.1. The van der Waals surface area contributed by atoms with Crippen molar-refractivity contribution in [1.29, 1.82) is 0 Å². The maximum atomic E-state index is 2.52. The summed E-state index contributed by atoms with van der Waals surface area (Å²) in [6, 6.07) is 55.8. The Labute approximate surface area is 267 Å². The zero-order valence-electron chi connectivity index (χ0n) is 25.3. The van der Waals surface area contributed by atoms with Crippen LogP contribution in [-0.2, 0) is 5.41 Å². The Morgan fingerprint density at radius 2 is 1.16 bits per heavy atom. The molecular weight excluding hydrogens is 563 g/mol. The van der Waals surface area contributed by atoms with Crippen LogP contribution in [0, 0.1) is 0 Å². The molecule has 8 aromatic rings. The van der Waals surface area contributed by atoms with Gasteiger partial charge in [-0.05, 0) is 68.9 Å². The molecule has 45 heavy (non-hydrogen) atoms. The van der Waals surface area contributed by atoms with Crippen LogP contribution in [0.5, 0.6) is 0 Å². The van der Waals surface area contributed by atoms with E-state index in [1.165, 1.54) is 75.7 Å². The van der Waals surface area contributed by atoms with Crippen molar-refractivity contribution < 1.29 is 0 Å². The largest absolute Gasteiger partial charge is 0.308 e. The van der Waals surface area contributed by atoms with Gasteiger partial charge < -0.3 is 4.90 Å². The molecule has 0 radical (unpaired) electrons. The molecule has 2 heteroatoms. The second-order valence-electron chi connectivity index (χ2n) is 12.5. The predicted octanol–water partition coefficient (Wildman–Crippen LogP) is 12.7. The molecule has 0 aliphatic heterocycles. The Hall–Kier alpha value is -5.18. The molecule has 0 unspecified atom stereocenters. The lowest BCUT2D eigenvalue weighted by Crippen LogP contribution is -2.16. The fourth-order valence-electron chi connectivity index (χ4n) is 7.53. The van der Waals surface area contributed by atoms with Crippen LogP contribution in [0.2, 0.25) is 0 Å². The Bertz CT molecular complexity index is 2420. The molecule has 7 aromatic carbocycles. The average molecular weight is 594 g/mol. The highest BCUT2D eigenvalue weighted by atomic mass is 32.1. The molecule has 0 bridgehead atoms. The van der Waals surface area contributed by atoms with Crippen molar-refractivity contribution in [1.82, 2.24) is 0 Å². The maximum Gasteiger partial charge on any atom is 0.0640 e. The SMILES string of the molecule is CC1(C)c2ccccc2-c2c(N(c3cccc(-c4cccc5ccccc45)c3)c3cccc4c3sc3ccccc34)cccc21. The van der Waals surface area contributed by atoms with Gasteiger partial charge in [-0.1, -0.05) is 135 Å². The summed E-state index contributed by atoms with van der Waals surface area (Å²) in [5.41, 5.74) is 11.4. The van der Waals surface area contributed by atoms with Gasteiger partial charge >= 0.3 is 0 Å². The third kappa shape index (κ3) is 3.92. The van der Waals surface area contributed by atoms with Crippen molar-refractivity contribution in [3.05, 3.63) is 163 Å². The number of hydrogen-bond acceptors (Lipinski definition) is 2. The van der Waals surface area contributed by atoms with Crippen LogP contribution in [0.25, 0.3) is 53.2 Å². The third-order valence-electron chi connectivity index (χ3n) is 9.66. The number of thiophene rings is 1. The maximum absolute atomic E-state index is 2.52. The fraction of sp³-hybridized carbons (Fsp3) is 0.0698. The third-order valence-corrected chi connectivity index (χ3v) is 10.9. The molecule has 0 atom stereocenters. The van der Waals surface area contributed by atoms with Gasteiger partial charge in [-0.25, -0.2) is 0 Å². The number of anilines is 3. The Balaban J connectivity index is 1.35. The lowest BCUT2D eigenvalue weighted by atomic mass is 9.82. The molecule has 1 aromatic heterocycles. The Morgan fingerprint density at radius 3 is 2.09 bits per heavy atom. The van der Waals surface area contributed by atoms with Crippen molar-refractivity contribution in [2.24, 2.45) is 0 Å². The first-order chi connectivity index (χ1) is 22.1. The van der Waals surface area contributed by atoms with Crippen molar-refractivity contribution in [3.8, 4) is 22.3 Å². The van der Waals surface area contributed by atoms with Gasteiger partial charge in [0.2, 0.25) is 0 Å². The van der Waals surface area contributed by atoms with Crippen LogP contribution in [0.15, 0.2) is 152 Å². The van der Waals surface area contributed by atoms with Gasteiger partial charge in [0, 0.05) is 32.1 Å². The summed E-state index contributed by atoms with van der Waals surface area (Å²) in [6.07, 6.45) is 0. The van der Waals surface area contributed by atoms with Crippen molar-refractivity contribution >= 4 is 59.3 Å². The van der Waals surface area contributed by atoms with Crippen molar-refractivity contribution in [3.63, 3.8) is 0 Å². The van der Waals surface area contributed by atoms with Gasteiger partial charge in [0.25, 0.3) is 0 Å². The molecule has 9 rings (SSSR count). The second kappa shape index (κ2) is 9.92. The van der Waals surface area contributed by atoms with E-state index < -0.39 is 0 Å². The highest BCUT2D eigenvalue weighted by Crippen LogP contribution is 2.55. The van der Waals surface area contributed by atoms with E-state index >= 15 is 0 Å². The quantitative estimate of drug-likeness (QED) is 0.196. The molecule has 0 saturated heterocycles. The highest BCUT2D eigenvalue weighted by Gasteiger charge is 2.37. The minimum Gasteiger partial charge on any atom is -0.308 e. The fourth-order valence-corrected chi connectivity index (χ4v) is 8.73. The van der Waals surface area contributed by atoms with Gasteiger partial charge in [0.15, 0.2) is 0 Å². The first-order valence-corrected chi connectivity index (χ1v) is 16.4. The summed E-state index contributed by atoms with van der Waals surface area (Å²) in [7, 11) is 0. The first-order valence-electron chi connectivity index (χ1n) is 15.6. The summed E-state index contributed by atoms with van der Waals surface area (Å²) in [4.78, 5) is 2.52. The minimum atomic E-state index is -0.0813. The van der Waals surface area contributed by atoms with Crippen molar-refractivity contribution in [2.75, 3.05) is 4.90 Å². The summed E-state index contributed by atoms with van der Waals surface area (Å²) in [5, 5.41) is 5.14. The molecular formula is C43H31NS. The average Bonchev–Trinajstić information content (AvgIpc) is 3.58. The summed E-state index contributed by atoms with van der Waals surface area (Å²) >= 11 is 1.89. The van der Waals surface area contributed by atoms with E-state index in [9.17, 15) is 0 Å². The number of fused-ring (bicyclic) bond motifs is 7. The number of rotatable bonds is 4. The molecule has 0 fully saturated rings. The zero-order valence-corrected chi connectivity index (χ0v) is 26.1. The smallest absolute Gasteiger partial charge is 0.0640 e. The van der Waals surface area contributed by atoms with Crippen molar-refractivity contribution in [2.45, 2.75) is 19.3 Å². The normalized spacial score (nSPS) is 13.3.